The summed E-state index contributed by atoms with van der Waals surface area (Å²) in [5, 5.41) is 0. The Hall–Kier alpha value is -1.93. The summed E-state index contributed by atoms with van der Waals surface area (Å²) in [4.78, 5) is 11.5. The standard InChI is InChI=1S/C6H5N6OP/c7-9-11-14(12-10-8)13-6-4-2-1-3-5-6/h1-5H. The molecule has 0 aliphatic heterocycles. The largest absolute Gasteiger partial charge is 0.461 e. The van der Waals surface area contributed by atoms with E-state index in [0.717, 1.165) is 0 Å². The smallest absolute Gasteiger partial charge is 0.270 e. The van der Waals surface area contributed by atoms with Crippen molar-refractivity contribution in [3.63, 3.8) is 0 Å². The number of hydrogen-bond donors (Lipinski definition) is 0. The number of rotatable bonds is 4. The van der Waals surface area contributed by atoms with Gasteiger partial charge >= 0.3 is 0 Å². The fraction of sp³-hybridized carbons (Fsp3) is 0. The van der Waals surface area contributed by atoms with E-state index in [1.165, 1.54) is 0 Å². The van der Waals surface area contributed by atoms with Gasteiger partial charge in [-0.3, -0.25) is 0 Å². The van der Waals surface area contributed by atoms with Crippen molar-refractivity contribution in [2.24, 2.45) is 9.77 Å². The van der Waals surface area contributed by atoms with E-state index in [2.05, 4.69) is 19.6 Å². The monoisotopic (exact) mass is 208 g/mol. The number of hydrogen-bond acceptors (Lipinski definition) is 3. The molecule has 1 aromatic rings. The summed E-state index contributed by atoms with van der Waals surface area (Å²) in [5.41, 5.74) is 16.3. The summed E-state index contributed by atoms with van der Waals surface area (Å²) in [6.07, 6.45) is 0. The maximum atomic E-state index is 8.15. The quantitative estimate of drug-likeness (QED) is 0.318. The van der Waals surface area contributed by atoms with Crippen molar-refractivity contribution in [2.45, 2.75) is 0 Å². The average molecular weight is 208 g/mol. The van der Waals surface area contributed by atoms with Gasteiger partial charge in [-0.2, -0.15) is 0 Å². The van der Waals surface area contributed by atoms with Crippen LogP contribution in [-0.2, 0) is 0 Å². The Balaban J connectivity index is 2.74. The second kappa shape index (κ2) is 5.67. The highest BCUT2D eigenvalue weighted by molar-refractivity contribution is 7.49. The van der Waals surface area contributed by atoms with Gasteiger partial charge in [0.15, 0.2) is 0 Å². The molecule has 1 aromatic carbocycles. The predicted octanol–water partition coefficient (Wildman–Crippen LogP) is 3.91. The molecule has 0 aliphatic rings. The van der Waals surface area contributed by atoms with Crippen LogP contribution in [0.15, 0.2) is 40.1 Å². The Morgan fingerprint density at radius 1 is 1.07 bits per heavy atom. The van der Waals surface area contributed by atoms with Crippen LogP contribution in [0, 0.1) is 0 Å². The first-order valence-corrected chi connectivity index (χ1v) is 4.66. The van der Waals surface area contributed by atoms with Gasteiger partial charge in [0.2, 0.25) is 0 Å². The SMILES string of the molecule is [N-]=[N+]=NP(N=[N+]=[N-])Oc1ccccc1. The normalized spacial score (nSPS) is 10.6. The van der Waals surface area contributed by atoms with Gasteiger partial charge in [0, 0.05) is 9.82 Å². The molecule has 0 aliphatic carbocycles. The van der Waals surface area contributed by atoms with Crippen molar-refractivity contribution < 1.29 is 4.52 Å². The van der Waals surface area contributed by atoms with E-state index in [1.807, 2.05) is 6.07 Å². The van der Waals surface area contributed by atoms with Gasteiger partial charge in [-0.15, -0.1) is 0 Å². The zero-order valence-corrected chi connectivity index (χ0v) is 7.82. The fourth-order valence-corrected chi connectivity index (χ4v) is 1.25. The van der Waals surface area contributed by atoms with Gasteiger partial charge in [-0.05, 0) is 33.0 Å². The molecule has 0 radical (unpaired) electrons. The second-order valence-corrected chi connectivity index (χ2v) is 3.06. The third-order valence-electron chi connectivity index (χ3n) is 1.16. The summed E-state index contributed by atoms with van der Waals surface area (Å²) >= 11 is 0. The maximum absolute atomic E-state index is 8.15. The maximum Gasteiger partial charge on any atom is 0.270 e. The molecule has 0 fully saturated rings. The molecule has 0 N–H and O–H groups in total. The number of para-hydroxylation sites is 1. The van der Waals surface area contributed by atoms with Crippen LogP contribution in [0.3, 0.4) is 0 Å². The third-order valence-corrected chi connectivity index (χ3v) is 2.00. The summed E-state index contributed by atoms with van der Waals surface area (Å²) in [6, 6.07) is 8.69. The molecule has 0 atom stereocenters. The first-order valence-electron chi connectivity index (χ1n) is 3.50. The topological polar surface area (TPSA) is 107 Å². The van der Waals surface area contributed by atoms with E-state index in [-0.39, 0.29) is 0 Å². The molecule has 7 nitrogen and oxygen atoms in total. The van der Waals surface area contributed by atoms with Crippen molar-refractivity contribution in [1.82, 2.24) is 0 Å². The van der Waals surface area contributed by atoms with Crippen molar-refractivity contribution in [3.05, 3.63) is 51.2 Å². The number of benzene rings is 1. The van der Waals surface area contributed by atoms with Crippen molar-refractivity contribution in [3.8, 4) is 5.75 Å². The van der Waals surface area contributed by atoms with Gasteiger partial charge in [0.1, 0.15) is 5.75 Å². The minimum absolute atomic E-state index is 0.499. The van der Waals surface area contributed by atoms with Gasteiger partial charge in [-0.1, -0.05) is 18.2 Å². The molecule has 0 saturated heterocycles. The lowest BCUT2D eigenvalue weighted by Crippen LogP contribution is -1.80. The molecule has 0 spiro atoms. The minimum atomic E-state index is -1.82. The van der Waals surface area contributed by atoms with Crippen LogP contribution in [0.4, 0.5) is 0 Å². The number of nitrogens with zero attached hydrogens (tertiary/aromatic N) is 6. The Morgan fingerprint density at radius 2 is 1.64 bits per heavy atom. The molecule has 0 unspecified atom stereocenters. The Bertz CT molecular complexity index is 365. The van der Waals surface area contributed by atoms with Crippen molar-refractivity contribution >= 4 is 8.45 Å². The highest BCUT2D eigenvalue weighted by atomic mass is 31.2. The third kappa shape index (κ3) is 3.21. The summed E-state index contributed by atoms with van der Waals surface area (Å²) < 4.78 is 5.12. The van der Waals surface area contributed by atoms with Gasteiger partial charge in [-0.25, -0.2) is 0 Å². The van der Waals surface area contributed by atoms with E-state index in [4.69, 9.17) is 15.6 Å². The molecule has 70 valence electrons. The van der Waals surface area contributed by atoms with E-state index < -0.39 is 8.45 Å². The number of azide groups is 1. The molecule has 0 amide bonds. The fourth-order valence-electron chi connectivity index (χ4n) is 0.698. The minimum Gasteiger partial charge on any atom is -0.461 e. The molecule has 1 rings (SSSR count). The molecule has 0 heterocycles. The molecule has 14 heavy (non-hydrogen) atoms. The lowest BCUT2D eigenvalue weighted by molar-refractivity contribution is 0.614. The van der Waals surface area contributed by atoms with E-state index >= 15 is 0 Å². The summed E-state index contributed by atoms with van der Waals surface area (Å²) in [5.74, 6) is 0.499. The zero-order valence-electron chi connectivity index (χ0n) is 6.93. The molecular weight excluding hydrogens is 203 g/mol. The van der Waals surface area contributed by atoms with Gasteiger partial charge < -0.3 is 4.52 Å². The molecular formula is C6H5N6OP. The van der Waals surface area contributed by atoms with Gasteiger partial charge in [0.05, 0.1) is 0 Å². The Morgan fingerprint density at radius 3 is 2.14 bits per heavy atom. The van der Waals surface area contributed by atoms with Crippen LogP contribution in [-0.4, -0.2) is 0 Å². The molecule has 8 heteroatoms. The lowest BCUT2D eigenvalue weighted by atomic mass is 10.3. The van der Waals surface area contributed by atoms with Crippen molar-refractivity contribution in [2.75, 3.05) is 0 Å². The molecule has 0 bridgehead atoms. The van der Waals surface area contributed by atoms with Crippen LogP contribution in [0.1, 0.15) is 0 Å². The first kappa shape index (κ1) is 10.2. The Kier molecular flexibility index (Phi) is 4.11. The van der Waals surface area contributed by atoms with E-state index in [9.17, 15) is 0 Å². The van der Waals surface area contributed by atoms with Crippen LogP contribution >= 0.6 is 8.45 Å². The highest BCUT2D eigenvalue weighted by Gasteiger charge is 2.04. The van der Waals surface area contributed by atoms with E-state index in [0.29, 0.717) is 5.75 Å². The highest BCUT2D eigenvalue weighted by Crippen LogP contribution is 2.41. The van der Waals surface area contributed by atoms with Crippen LogP contribution in [0.2, 0.25) is 0 Å². The predicted molar refractivity (Wildman–Crippen MR) is 52.3 cm³/mol. The molecule has 0 aromatic heterocycles. The zero-order chi connectivity index (χ0) is 10.2. The summed E-state index contributed by atoms with van der Waals surface area (Å²) in [7, 11) is -1.82. The van der Waals surface area contributed by atoms with E-state index in [1.54, 1.807) is 24.3 Å². The first-order chi connectivity index (χ1) is 6.86. The van der Waals surface area contributed by atoms with Crippen LogP contribution in [0.5, 0.6) is 5.75 Å². The van der Waals surface area contributed by atoms with Crippen LogP contribution < -0.4 is 4.52 Å². The average Bonchev–Trinajstić information content (AvgIpc) is 2.20. The Labute approximate surface area is 80.5 Å². The second-order valence-electron chi connectivity index (χ2n) is 2.01. The van der Waals surface area contributed by atoms with Gasteiger partial charge in [0.25, 0.3) is 8.45 Å². The van der Waals surface area contributed by atoms with Crippen LogP contribution in [0.25, 0.3) is 20.9 Å². The van der Waals surface area contributed by atoms with Crippen molar-refractivity contribution in [1.29, 1.82) is 0 Å². The molecule has 0 saturated carbocycles. The summed E-state index contributed by atoms with van der Waals surface area (Å²) in [6.45, 7) is 0. The lowest BCUT2D eigenvalue weighted by Gasteiger charge is -2.06.